The van der Waals surface area contributed by atoms with Crippen molar-refractivity contribution < 1.29 is 42.3 Å². The minimum absolute atomic E-state index is 0.0193. The number of hydrogen-bond acceptors (Lipinski definition) is 12. The van der Waals surface area contributed by atoms with E-state index in [-0.39, 0.29) is 37.4 Å². The van der Waals surface area contributed by atoms with Gasteiger partial charge in [0.25, 0.3) is 20.3 Å². The molecule has 15 nitrogen and oxygen atoms in total. The molecule has 1 N–H and O–H groups in total. The molecule has 9 rings (SSSR count). The summed E-state index contributed by atoms with van der Waals surface area (Å²) < 4.78 is 47.7. The van der Waals surface area contributed by atoms with Gasteiger partial charge in [0, 0.05) is 19.1 Å². The van der Waals surface area contributed by atoms with Gasteiger partial charge < -0.3 is 38.0 Å². The minimum Gasteiger partial charge on any atom is -0.497 e. The largest absolute Gasteiger partial charge is 0.497 e. The normalized spacial score (nSPS) is 19.6. The molecule has 5 atom stereocenters. The second kappa shape index (κ2) is 19.7. The lowest BCUT2D eigenvalue weighted by atomic mass is 9.80. The van der Waals surface area contributed by atoms with Gasteiger partial charge in [0.2, 0.25) is 0 Å². The maximum atomic E-state index is 13.6. The SMILES string of the molecule is COCC(=O)N1C[C@@H](c2ccccc2)OP1O[C@H]1C[C@H](n2cnc3c(NC(=O)c4ccccc4)ncnc32)O[C@@H]1COC(c1ccccc1)(c1ccc(OC)cc1)c1ccc(OC)cc1. The fourth-order valence-corrected chi connectivity index (χ4v) is 9.84. The van der Waals surface area contributed by atoms with Crippen molar-refractivity contribution in [2.24, 2.45) is 0 Å². The molecule has 0 bridgehead atoms. The highest BCUT2D eigenvalue weighted by Gasteiger charge is 2.47. The van der Waals surface area contributed by atoms with Gasteiger partial charge in [0.15, 0.2) is 17.0 Å². The zero-order valence-corrected chi connectivity index (χ0v) is 36.8. The van der Waals surface area contributed by atoms with Crippen molar-refractivity contribution >= 4 is 37.3 Å². The third-order valence-electron chi connectivity index (χ3n) is 11.5. The van der Waals surface area contributed by atoms with E-state index in [4.69, 9.17) is 32.7 Å². The van der Waals surface area contributed by atoms with Crippen LogP contribution >= 0.6 is 8.53 Å². The van der Waals surface area contributed by atoms with Crippen molar-refractivity contribution in [2.45, 2.75) is 36.6 Å². The van der Waals surface area contributed by atoms with Crippen LogP contribution in [0, 0.1) is 0 Å². The number of ether oxygens (including phenoxy) is 5. The Morgan fingerprint density at radius 3 is 2.02 bits per heavy atom. The molecular weight excluding hydrogens is 848 g/mol. The number of benzene rings is 5. The molecule has 2 saturated heterocycles. The first-order chi connectivity index (χ1) is 31.9. The summed E-state index contributed by atoms with van der Waals surface area (Å²) in [6.07, 6.45) is 0.788. The van der Waals surface area contributed by atoms with Gasteiger partial charge in [0.1, 0.15) is 48.5 Å². The summed E-state index contributed by atoms with van der Waals surface area (Å²) in [6, 6.07) is 44.2. The number of aromatic nitrogens is 4. The second-order valence-electron chi connectivity index (χ2n) is 15.3. The van der Waals surface area contributed by atoms with E-state index in [9.17, 15) is 9.59 Å². The molecule has 2 fully saturated rings. The van der Waals surface area contributed by atoms with Crippen LogP contribution < -0.4 is 14.8 Å². The van der Waals surface area contributed by atoms with Crippen LogP contribution in [0.15, 0.2) is 152 Å². The smallest absolute Gasteiger partial charge is 0.293 e. The molecule has 16 heteroatoms. The number of hydrogen-bond donors (Lipinski definition) is 1. The molecule has 0 radical (unpaired) electrons. The standard InChI is InChI=1S/C49H47N6O9P/c1-58-30-43(56)55-28-41(33-13-7-4-8-14-33)64-65(55)63-40-27-44(54-32-52-45-46(50-31-51-47(45)54)53-48(57)34-15-9-5-10-16-34)62-42(40)29-61-49(35-17-11-6-12-18-35,36-19-23-38(59-2)24-20-36)37-21-25-39(60-3)26-22-37/h4-26,31-32,40-42,44H,27-30H2,1-3H3,(H,50,51,53,57)/t40-,41-,42+,44+,65?/m0/s1. The number of methoxy groups -OCH3 is 3. The summed E-state index contributed by atoms with van der Waals surface area (Å²) in [4.78, 5) is 40.4. The quantitative estimate of drug-likeness (QED) is 0.0733. The number of nitrogens with zero attached hydrogens (tertiary/aromatic N) is 5. The summed E-state index contributed by atoms with van der Waals surface area (Å²) in [5.41, 5.74) is 3.60. The number of carbonyl (C=O) groups is 2. The summed E-state index contributed by atoms with van der Waals surface area (Å²) in [5, 5.41) is 2.88. The van der Waals surface area contributed by atoms with E-state index in [2.05, 4.69) is 20.3 Å². The van der Waals surface area contributed by atoms with Gasteiger partial charge in [0.05, 0.1) is 39.8 Å². The highest BCUT2D eigenvalue weighted by Crippen LogP contribution is 2.56. The lowest BCUT2D eigenvalue weighted by molar-refractivity contribution is -0.130. The third-order valence-corrected chi connectivity index (χ3v) is 13.1. The third kappa shape index (κ3) is 9.07. The molecule has 4 heterocycles. The molecule has 2 aliphatic rings. The summed E-state index contributed by atoms with van der Waals surface area (Å²) in [7, 11) is 2.80. The van der Waals surface area contributed by atoms with Gasteiger partial charge in [-0.2, -0.15) is 0 Å². The predicted molar refractivity (Wildman–Crippen MR) is 242 cm³/mol. The van der Waals surface area contributed by atoms with E-state index in [0.717, 1.165) is 22.3 Å². The topological polar surface area (TPSA) is 158 Å². The summed E-state index contributed by atoms with van der Waals surface area (Å²) in [6.45, 7) is 0.157. The van der Waals surface area contributed by atoms with Crippen molar-refractivity contribution in [2.75, 3.05) is 46.4 Å². The number of amides is 2. The van der Waals surface area contributed by atoms with Crippen LogP contribution in [0.3, 0.4) is 0 Å². The number of carbonyl (C=O) groups excluding carboxylic acids is 2. The molecule has 0 spiro atoms. The van der Waals surface area contributed by atoms with Crippen LogP contribution in [-0.4, -0.2) is 89.3 Å². The molecule has 2 aromatic heterocycles. The lowest BCUT2D eigenvalue weighted by Crippen LogP contribution is -2.38. The van der Waals surface area contributed by atoms with Gasteiger partial charge in [-0.3, -0.25) is 18.8 Å². The Morgan fingerprint density at radius 2 is 1.38 bits per heavy atom. The Hall–Kier alpha value is -6.58. The number of nitrogens with one attached hydrogen (secondary N) is 1. The highest BCUT2D eigenvalue weighted by molar-refractivity contribution is 7.45. The summed E-state index contributed by atoms with van der Waals surface area (Å²) in [5.74, 6) is 1.05. The van der Waals surface area contributed by atoms with E-state index < -0.39 is 38.7 Å². The first-order valence-electron chi connectivity index (χ1n) is 21.0. The van der Waals surface area contributed by atoms with Crippen molar-refractivity contribution in [3.63, 3.8) is 0 Å². The number of imidazole rings is 1. The van der Waals surface area contributed by atoms with Crippen molar-refractivity contribution in [1.29, 1.82) is 0 Å². The number of anilines is 1. The van der Waals surface area contributed by atoms with Crippen LogP contribution in [0.25, 0.3) is 11.2 Å². The highest BCUT2D eigenvalue weighted by atomic mass is 31.2. The molecule has 2 amide bonds. The first kappa shape index (κ1) is 43.7. The van der Waals surface area contributed by atoms with Crippen LogP contribution in [0.5, 0.6) is 11.5 Å². The zero-order valence-electron chi connectivity index (χ0n) is 35.9. The van der Waals surface area contributed by atoms with Gasteiger partial charge in [-0.05, 0) is 58.7 Å². The van der Waals surface area contributed by atoms with E-state index >= 15 is 0 Å². The maximum Gasteiger partial charge on any atom is 0.293 e. The molecule has 0 aliphatic carbocycles. The molecule has 65 heavy (non-hydrogen) atoms. The Labute approximate surface area is 377 Å². The molecule has 7 aromatic rings. The zero-order chi connectivity index (χ0) is 44.8. The van der Waals surface area contributed by atoms with Crippen LogP contribution in [0.1, 0.15) is 51.4 Å². The monoisotopic (exact) mass is 894 g/mol. The molecule has 1 unspecified atom stereocenters. The lowest BCUT2D eigenvalue weighted by Gasteiger charge is -2.37. The predicted octanol–water partition coefficient (Wildman–Crippen LogP) is 8.25. The average molecular weight is 895 g/mol. The number of rotatable bonds is 16. The van der Waals surface area contributed by atoms with Crippen molar-refractivity contribution in [3.8, 4) is 11.5 Å². The van der Waals surface area contributed by atoms with Crippen molar-refractivity contribution in [1.82, 2.24) is 24.2 Å². The molecule has 332 valence electrons. The minimum atomic E-state index is -1.95. The van der Waals surface area contributed by atoms with E-state index in [1.54, 1.807) is 54.0 Å². The first-order valence-corrected chi connectivity index (χ1v) is 22.2. The van der Waals surface area contributed by atoms with Crippen LogP contribution in [-0.2, 0) is 33.7 Å². The maximum absolute atomic E-state index is 13.6. The summed E-state index contributed by atoms with van der Waals surface area (Å²) >= 11 is 0. The Morgan fingerprint density at radius 1 is 0.769 bits per heavy atom. The van der Waals surface area contributed by atoms with Gasteiger partial charge >= 0.3 is 0 Å². The van der Waals surface area contributed by atoms with Crippen LogP contribution in [0.2, 0.25) is 0 Å². The fraction of sp³-hybridized carbons (Fsp3) is 0.245. The number of fused-ring (bicyclic) bond motifs is 1. The molecule has 0 saturated carbocycles. The molecule has 2 aliphatic heterocycles. The molecule has 5 aromatic carbocycles. The van der Waals surface area contributed by atoms with Gasteiger partial charge in [-0.25, -0.2) is 15.0 Å². The van der Waals surface area contributed by atoms with E-state index in [1.807, 2.05) is 115 Å². The van der Waals surface area contributed by atoms with Gasteiger partial charge in [-0.15, -0.1) is 0 Å². The Bertz CT molecular complexity index is 2650. The Balaban J connectivity index is 1.09. The van der Waals surface area contributed by atoms with Gasteiger partial charge in [-0.1, -0.05) is 103 Å². The van der Waals surface area contributed by atoms with E-state index in [1.165, 1.54) is 13.4 Å². The average Bonchev–Trinajstić information content (AvgIpc) is 4.11. The van der Waals surface area contributed by atoms with Crippen LogP contribution in [0.4, 0.5) is 5.82 Å². The second-order valence-corrected chi connectivity index (χ2v) is 16.7. The Kier molecular flexibility index (Phi) is 13.2. The van der Waals surface area contributed by atoms with E-state index in [0.29, 0.717) is 34.6 Å². The van der Waals surface area contributed by atoms with Crippen molar-refractivity contribution in [3.05, 3.63) is 180 Å². The molecular formula is C49H47N6O9P. The fourth-order valence-electron chi connectivity index (χ4n) is 8.18.